The van der Waals surface area contributed by atoms with Crippen molar-refractivity contribution in [2.24, 2.45) is 0 Å². The fourth-order valence-electron chi connectivity index (χ4n) is 0.143. The zero-order valence-electron chi connectivity index (χ0n) is 6.43. The highest BCUT2D eigenvalue weighted by atomic mass is 16.4. The van der Waals surface area contributed by atoms with E-state index in [1.165, 1.54) is 0 Å². The molecule has 66 valence electrons. The highest BCUT2D eigenvalue weighted by Gasteiger charge is 1.88. The van der Waals surface area contributed by atoms with Gasteiger partial charge < -0.3 is 10.2 Å². The largest absolute Gasteiger partial charge is 0.478 e. The minimum Gasteiger partial charge on any atom is -0.478 e. The number of hydrogen-bond donors (Lipinski definition) is 2. The van der Waals surface area contributed by atoms with Crippen molar-refractivity contribution in [3.63, 3.8) is 0 Å². The van der Waals surface area contributed by atoms with Crippen LogP contribution in [-0.2, 0) is 9.59 Å². The van der Waals surface area contributed by atoms with E-state index in [0.29, 0.717) is 12.2 Å². The summed E-state index contributed by atoms with van der Waals surface area (Å²) in [6.07, 6.45) is 4.39. The first-order chi connectivity index (χ1) is 5.54. The standard InChI is InChI=1S/C4H4O4.C4H6/c5-3(6)1-2-4(7)8;1-3-4-2/h1-2H,(H,5,6)(H,7,8);3-4H,1-2H2/b2-1-;. The summed E-state index contributed by atoms with van der Waals surface area (Å²) in [7, 11) is 0. The average molecular weight is 170 g/mol. The van der Waals surface area contributed by atoms with E-state index in [1.54, 1.807) is 12.2 Å². The molecule has 0 amide bonds. The lowest BCUT2D eigenvalue weighted by Gasteiger charge is -1.74. The molecule has 0 atom stereocenters. The molecule has 0 aromatic rings. The van der Waals surface area contributed by atoms with Gasteiger partial charge in [-0.05, 0) is 0 Å². The summed E-state index contributed by atoms with van der Waals surface area (Å²) >= 11 is 0. The number of carboxylic acid groups (broad SMARTS) is 2. The van der Waals surface area contributed by atoms with Crippen LogP contribution in [0.1, 0.15) is 0 Å². The maximum Gasteiger partial charge on any atom is 0.328 e. The Balaban J connectivity index is 0. The zero-order chi connectivity index (χ0) is 9.98. The number of hydrogen-bond acceptors (Lipinski definition) is 2. The zero-order valence-corrected chi connectivity index (χ0v) is 6.43. The molecular formula is C8H10O4. The first kappa shape index (κ1) is 12.8. The van der Waals surface area contributed by atoms with E-state index in [1.807, 2.05) is 0 Å². The SMILES string of the molecule is C=CC=C.O=C(O)/C=C\C(=O)O. The van der Waals surface area contributed by atoms with Crippen LogP contribution in [0.5, 0.6) is 0 Å². The van der Waals surface area contributed by atoms with Gasteiger partial charge in [-0.15, -0.1) is 0 Å². The van der Waals surface area contributed by atoms with Crippen molar-refractivity contribution < 1.29 is 19.8 Å². The van der Waals surface area contributed by atoms with E-state index in [9.17, 15) is 9.59 Å². The molecule has 0 aliphatic rings. The minimum atomic E-state index is -1.26. The molecule has 0 aromatic heterocycles. The second-order valence-corrected chi connectivity index (χ2v) is 1.48. The second-order valence-electron chi connectivity index (χ2n) is 1.48. The third-order valence-corrected chi connectivity index (χ3v) is 0.535. The van der Waals surface area contributed by atoms with E-state index >= 15 is 0 Å². The van der Waals surface area contributed by atoms with Gasteiger partial charge in [0.2, 0.25) is 0 Å². The minimum absolute atomic E-state index is 0.558. The Morgan fingerprint density at radius 3 is 1.25 bits per heavy atom. The van der Waals surface area contributed by atoms with Crippen molar-refractivity contribution in [3.8, 4) is 0 Å². The van der Waals surface area contributed by atoms with Crippen molar-refractivity contribution in [2.45, 2.75) is 0 Å². The Morgan fingerprint density at radius 1 is 0.917 bits per heavy atom. The smallest absolute Gasteiger partial charge is 0.328 e. The summed E-state index contributed by atoms with van der Waals surface area (Å²) in [5, 5.41) is 15.6. The maximum absolute atomic E-state index is 9.55. The Labute approximate surface area is 70.1 Å². The fourth-order valence-corrected chi connectivity index (χ4v) is 0.143. The summed E-state index contributed by atoms with van der Waals surface area (Å²) in [4.78, 5) is 19.1. The van der Waals surface area contributed by atoms with Crippen LogP contribution in [0.25, 0.3) is 0 Å². The van der Waals surface area contributed by atoms with Crippen LogP contribution in [0, 0.1) is 0 Å². The topological polar surface area (TPSA) is 74.6 Å². The Bertz CT molecular complexity index is 181. The van der Waals surface area contributed by atoms with Crippen molar-refractivity contribution in [1.82, 2.24) is 0 Å². The van der Waals surface area contributed by atoms with Crippen LogP contribution in [0.15, 0.2) is 37.5 Å². The van der Waals surface area contributed by atoms with Crippen molar-refractivity contribution >= 4 is 11.9 Å². The van der Waals surface area contributed by atoms with Gasteiger partial charge in [0.15, 0.2) is 0 Å². The lowest BCUT2D eigenvalue weighted by atomic mass is 10.5. The van der Waals surface area contributed by atoms with Crippen LogP contribution in [-0.4, -0.2) is 22.2 Å². The van der Waals surface area contributed by atoms with Crippen LogP contribution < -0.4 is 0 Å². The molecule has 2 N–H and O–H groups in total. The third kappa shape index (κ3) is 24.2. The first-order valence-electron chi connectivity index (χ1n) is 2.92. The predicted molar refractivity (Wildman–Crippen MR) is 44.8 cm³/mol. The van der Waals surface area contributed by atoms with Crippen LogP contribution in [0.2, 0.25) is 0 Å². The lowest BCUT2D eigenvalue weighted by Crippen LogP contribution is -1.91. The molecule has 0 bridgehead atoms. The molecule has 0 aliphatic carbocycles. The highest BCUT2D eigenvalue weighted by Crippen LogP contribution is 1.70. The fraction of sp³-hybridized carbons (Fsp3) is 0. The van der Waals surface area contributed by atoms with E-state index in [2.05, 4.69) is 13.2 Å². The molecule has 0 fully saturated rings. The van der Waals surface area contributed by atoms with Gasteiger partial charge in [-0.3, -0.25) is 0 Å². The average Bonchev–Trinajstić information content (AvgIpc) is 2.01. The van der Waals surface area contributed by atoms with Gasteiger partial charge in [0.25, 0.3) is 0 Å². The molecule has 0 aromatic carbocycles. The molecule has 0 heterocycles. The van der Waals surface area contributed by atoms with Gasteiger partial charge in [0.05, 0.1) is 0 Å². The van der Waals surface area contributed by atoms with E-state index in [-0.39, 0.29) is 0 Å². The summed E-state index contributed by atoms with van der Waals surface area (Å²) in [5.41, 5.74) is 0. The maximum atomic E-state index is 9.55. The Hall–Kier alpha value is -1.84. The summed E-state index contributed by atoms with van der Waals surface area (Å²) < 4.78 is 0. The Kier molecular flexibility index (Phi) is 9.77. The molecule has 0 aliphatic heterocycles. The molecule has 0 rings (SSSR count). The van der Waals surface area contributed by atoms with Crippen molar-refractivity contribution in [2.75, 3.05) is 0 Å². The number of rotatable bonds is 3. The molecule has 0 radical (unpaired) electrons. The molecule has 0 saturated heterocycles. The quantitative estimate of drug-likeness (QED) is 0.490. The van der Waals surface area contributed by atoms with Gasteiger partial charge in [-0.25, -0.2) is 9.59 Å². The molecule has 0 unspecified atom stereocenters. The monoisotopic (exact) mass is 170 g/mol. The molecule has 12 heavy (non-hydrogen) atoms. The number of aliphatic carboxylic acids is 2. The van der Waals surface area contributed by atoms with Crippen molar-refractivity contribution in [1.29, 1.82) is 0 Å². The van der Waals surface area contributed by atoms with Crippen LogP contribution in [0.4, 0.5) is 0 Å². The van der Waals surface area contributed by atoms with Crippen LogP contribution in [0.3, 0.4) is 0 Å². The number of carboxylic acids is 2. The van der Waals surface area contributed by atoms with Gasteiger partial charge >= 0.3 is 11.9 Å². The normalized spacial score (nSPS) is 8.00. The first-order valence-corrected chi connectivity index (χ1v) is 2.92. The van der Waals surface area contributed by atoms with Crippen molar-refractivity contribution in [3.05, 3.63) is 37.5 Å². The van der Waals surface area contributed by atoms with Gasteiger partial charge in [0.1, 0.15) is 0 Å². The van der Waals surface area contributed by atoms with E-state index < -0.39 is 11.9 Å². The number of carbonyl (C=O) groups is 2. The molecule has 4 heteroatoms. The number of allylic oxidation sites excluding steroid dienone is 2. The molecular weight excluding hydrogens is 160 g/mol. The predicted octanol–water partition coefficient (Wildman–Crippen LogP) is 1.07. The second kappa shape index (κ2) is 9.16. The third-order valence-electron chi connectivity index (χ3n) is 0.535. The molecule has 0 spiro atoms. The summed E-state index contributed by atoms with van der Waals surface area (Å²) in [5.74, 6) is -2.51. The van der Waals surface area contributed by atoms with Crippen LogP contribution >= 0.6 is 0 Å². The van der Waals surface area contributed by atoms with E-state index in [4.69, 9.17) is 10.2 Å². The van der Waals surface area contributed by atoms with Gasteiger partial charge in [-0.1, -0.05) is 25.3 Å². The summed E-state index contributed by atoms with van der Waals surface area (Å²) in [6.45, 7) is 6.72. The summed E-state index contributed by atoms with van der Waals surface area (Å²) in [6, 6.07) is 0. The molecule has 4 nitrogen and oxygen atoms in total. The highest BCUT2D eigenvalue weighted by molar-refractivity contribution is 5.89. The molecule has 0 saturated carbocycles. The lowest BCUT2D eigenvalue weighted by molar-refractivity contribution is -0.134. The van der Waals surface area contributed by atoms with E-state index in [0.717, 1.165) is 0 Å². The Morgan fingerprint density at radius 2 is 1.17 bits per heavy atom. The van der Waals surface area contributed by atoms with Gasteiger partial charge in [-0.2, -0.15) is 0 Å². The van der Waals surface area contributed by atoms with Gasteiger partial charge in [0, 0.05) is 12.2 Å².